The predicted octanol–water partition coefficient (Wildman–Crippen LogP) is 3.39. The number of halogens is 2. The van der Waals surface area contributed by atoms with E-state index in [9.17, 15) is 19.1 Å². The molecule has 0 aromatic heterocycles. The maximum Gasteiger partial charge on any atom is 0.234 e. The summed E-state index contributed by atoms with van der Waals surface area (Å²) in [5.74, 6) is -1.43. The van der Waals surface area contributed by atoms with Gasteiger partial charge in [0.15, 0.2) is 11.5 Å². The quantitative estimate of drug-likeness (QED) is 0.492. The Bertz CT molecular complexity index is 767. The maximum absolute atomic E-state index is 12.8. The second-order valence-electron chi connectivity index (χ2n) is 4.21. The highest BCUT2D eigenvalue weighted by Gasteiger charge is 2.11. The third-order valence-corrected chi connectivity index (χ3v) is 3.60. The minimum Gasteiger partial charge on any atom is -0.504 e. The van der Waals surface area contributed by atoms with Gasteiger partial charge in [-0.05, 0) is 58.5 Å². The molecule has 0 aliphatic rings. The molecule has 0 aliphatic carbocycles. The van der Waals surface area contributed by atoms with E-state index in [4.69, 9.17) is 0 Å². The molecular weight excluding hydrogens is 386 g/mol. The number of hydrogen-bond acceptors (Lipinski definition) is 3. The van der Waals surface area contributed by atoms with E-state index in [1.54, 1.807) is 22.6 Å². The zero-order valence-corrected chi connectivity index (χ0v) is 12.9. The first-order valence-electron chi connectivity index (χ1n) is 5.99. The Labute approximate surface area is 133 Å². The Morgan fingerprint density at radius 1 is 1.14 bits per heavy atom. The molecule has 0 bridgehead atoms. The van der Waals surface area contributed by atoms with Crippen molar-refractivity contribution in [3.63, 3.8) is 0 Å². The van der Waals surface area contributed by atoms with Gasteiger partial charge in [0, 0.05) is 0 Å². The molecule has 0 radical (unpaired) electrons. The minimum absolute atomic E-state index is 0.0683. The fourth-order valence-electron chi connectivity index (χ4n) is 1.65. The van der Waals surface area contributed by atoms with E-state index in [0.29, 0.717) is 9.13 Å². The molecule has 21 heavy (non-hydrogen) atoms. The zero-order valence-electron chi connectivity index (χ0n) is 10.7. The third kappa shape index (κ3) is 3.75. The van der Waals surface area contributed by atoms with Gasteiger partial charge in [-0.2, -0.15) is 0 Å². The van der Waals surface area contributed by atoms with Crippen molar-refractivity contribution < 1.29 is 14.3 Å². The van der Waals surface area contributed by atoms with Gasteiger partial charge in [0.1, 0.15) is 5.82 Å². The Morgan fingerprint density at radius 2 is 1.81 bits per heavy atom. The third-order valence-electron chi connectivity index (χ3n) is 2.76. The number of ketones is 1. The molecule has 0 fully saturated rings. The zero-order chi connectivity index (χ0) is 15.4. The Balaban J connectivity index is 2.34. The van der Waals surface area contributed by atoms with Gasteiger partial charge in [0.05, 0.1) is 9.13 Å². The van der Waals surface area contributed by atoms with Crippen molar-refractivity contribution in [2.24, 2.45) is 0 Å². The van der Waals surface area contributed by atoms with E-state index in [1.165, 1.54) is 54.6 Å². The van der Waals surface area contributed by atoms with Crippen LogP contribution in [0, 0.1) is 9.39 Å². The van der Waals surface area contributed by atoms with Gasteiger partial charge < -0.3 is 5.11 Å². The minimum atomic E-state index is -0.584. The van der Waals surface area contributed by atoms with Crippen LogP contribution in [0.5, 0.6) is 5.75 Å². The summed E-state index contributed by atoms with van der Waals surface area (Å²) >= 11 is 1.79. The van der Waals surface area contributed by atoms with Crippen LogP contribution in [-0.4, -0.2) is 10.9 Å². The van der Waals surface area contributed by atoms with E-state index in [1.807, 2.05) is 0 Å². The van der Waals surface area contributed by atoms with Crippen molar-refractivity contribution in [3.05, 3.63) is 79.3 Å². The van der Waals surface area contributed by atoms with E-state index in [-0.39, 0.29) is 11.4 Å². The highest BCUT2D eigenvalue weighted by Crippen LogP contribution is 2.14. The van der Waals surface area contributed by atoms with Crippen molar-refractivity contribution in [2.75, 3.05) is 0 Å². The van der Waals surface area contributed by atoms with Crippen LogP contribution in [0.3, 0.4) is 0 Å². The lowest BCUT2D eigenvalue weighted by molar-refractivity contribution is 0.104. The fraction of sp³-hybridized carbons (Fsp3) is 0. The standard InChI is InChI=1S/C16H10FIO3/c17-11-7-4-10(5-8-11)6-9-14(19)12-2-1-3-13(18)16(21)15(12)20/h1-9H,(H,20,21)/b9-6+. The second-order valence-corrected chi connectivity index (χ2v) is 5.38. The van der Waals surface area contributed by atoms with Crippen LogP contribution in [0.4, 0.5) is 4.39 Å². The van der Waals surface area contributed by atoms with Crippen molar-refractivity contribution in [1.29, 1.82) is 0 Å². The topological polar surface area (TPSA) is 54.4 Å². The van der Waals surface area contributed by atoms with Crippen LogP contribution in [0.2, 0.25) is 0 Å². The Hall–Kier alpha value is -2.02. The molecule has 0 amide bonds. The van der Waals surface area contributed by atoms with Crippen molar-refractivity contribution in [1.82, 2.24) is 0 Å². The fourth-order valence-corrected chi connectivity index (χ4v) is 2.12. The summed E-state index contributed by atoms with van der Waals surface area (Å²) in [7, 11) is 0. The van der Waals surface area contributed by atoms with Crippen LogP contribution < -0.4 is 5.43 Å². The molecular formula is C16H10FIO3. The lowest BCUT2D eigenvalue weighted by Gasteiger charge is -1.96. The van der Waals surface area contributed by atoms with Crippen LogP contribution >= 0.6 is 22.6 Å². The Kier molecular flexibility index (Phi) is 4.85. The summed E-state index contributed by atoms with van der Waals surface area (Å²) in [4.78, 5) is 23.8. The van der Waals surface area contributed by atoms with Crippen LogP contribution in [-0.2, 0) is 0 Å². The van der Waals surface area contributed by atoms with Crippen molar-refractivity contribution in [2.45, 2.75) is 0 Å². The van der Waals surface area contributed by atoms with Gasteiger partial charge in [0.25, 0.3) is 0 Å². The maximum atomic E-state index is 12.8. The first-order valence-corrected chi connectivity index (χ1v) is 7.06. The molecule has 0 unspecified atom stereocenters. The lowest BCUT2D eigenvalue weighted by atomic mass is 10.1. The van der Waals surface area contributed by atoms with Gasteiger partial charge in [-0.1, -0.05) is 24.3 Å². The van der Waals surface area contributed by atoms with Crippen LogP contribution in [0.25, 0.3) is 6.08 Å². The number of rotatable bonds is 3. The van der Waals surface area contributed by atoms with Crippen molar-refractivity contribution in [3.8, 4) is 5.75 Å². The van der Waals surface area contributed by atoms with E-state index in [0.717, 1.165) is 0 Å². The van der Waals surface area contributed by atoms with E-state index < -0.39 is 17.0 Å². The van der Waals surface area contributed by atoms with Crippen LogP contribution in [0.15, 0.2) is 53.3 Å². The van der Waals surface area contributed by atoms with Gasteiger partial charge >= 0.3 is 0 Å². The first-order chi connectivity index (χ1) is 9.99. The molecule has 106 valence electrons. The molecule has 5 heteroatoms. The second kappa shape index (κ2) is 6.62. The molecule has 0 heterocycles. The first kappa shape index (κ1) is 15.4. The van der Waals surface area contributed by atoms with Crippen molar-refractivity contribution >= 4 is 34.5 Å². The largest absolute Gasteiger partial charge is 0.504 e. The van der Waals surface area contributed by atoms with Gasteiger partial charge in [-0.3, -0.25) is 9.59 Å². The molecule has 2 aromatic rings. The van der Waals surface area contributed by atoms with E-state index in [2.05, 4.69) is 0 Å². The molecule has 1 N–H and O–H groups in total. The summed E-state index contributed by atoms with van der Waals surface area (Å²) in [6.45, 7) is 0. The average Bonchev–Trinajstić information content (AvgIpc) is 2.60. The summed E-state index contributed by atoms with van der Waals surface area (Å²) < 4.78 is 13.1. The number of hydrogen-bond donors (Lipinski definition) is 1. The lowest BCUT2D eigenvalue weighted by Crippen LogP contribution is -2.04. The van der Waals surface area contributed by atoms with Gasteiger partial charge in [0.2, 0.25) is 5.43 Å². The number of carbonyl (C=O) groups excluding carboxylic acids is 1. The monoisotopic (exact) mass is 396 g/mol. The molecule has 0 saturated carbocycles. The number of allylic oxidation sites excluding steroid dienone is 1. The molecule has 0 saturated heterocycles. The number of benzene rings is 1. The Morgan fingerprint density at radius 3 is 2.48 bits per heavy atom. The summed E-state index contributed by atoms with van der Waals surface area (Å²) in [5, 5.41) is 9.82. The molecule has 2 aromatic carbocycles. The smallest absolute Gasteiger partial charge is 0.234 e. The summed E-state index contributed by atoms with van der Waals surface area (Å²) in [6, 6.07) is 10.0. The molecule has 0 aliphatic heterocycles. The SMILES string of the molecule is O=C(/C=C/c1ccc(F)cc1)c1cccc(I)c(=O)c1O. The highest BCUT2D eigenvalue weighted by atomic mass is 127. The molecule has 0 spiro atoms. The average molecular weight is 396 g/mol. The molecule has 0 atom stereocenters. The summed E-state index contributed by atoms with van der Waals surface area (Å²) in [5.41, 5.74) is -0.0121. The summed E-state index contributed by atoms with van der Waals surface area (Å²) in [6.07, 6.45) is 2.72. The molecule has 3 nitrogen and oxygen atoms in total. The highest BCUT2D eigenvalue weighted by molar-refractivity contribution is 14.1. The number of aromatic hydroxyl groups is 1. The normalized spacial score (nSPS) is 10.8. The van der Waals surface area contributed by atoms with Gasteiger partial charge in [-0.25, -0.2) is 4.39 Å². The number of carbonyl (C=O) groups is 1. The molecule has 2 rings (SSSR count). The predicted molar refractivity (Wildman–Crippen MR) is 86.9 cm³/mol. The van der Waals surface area contributed by atoms with E-state index >= 15 is 0 Å². The van der Waals surface area contributed by atoms with Gasteiger partial charge in [-0.15, -0.1) is 0 Å². The van der Waals surface area contributed by atoms with Crippen LogP contribution in [0.1, 0.15) is 15.9 Å².